The van der Waals surface area contributed by atoms with Gasteiger partial charge in [0.05, 0.1) is 17.9 Å². The number of allylic oxidation sites excluding steroid dienone is 1. The second-order valence-corrected chi connectivity index (χ2v) is 8.62. The Morgan fingerprint density at radius 2 is 1.75 bits per heavy atom. The van der Waals surface area contributed by atoms with Crippen LogP contribution >= 0.6 is 0 Å². The van der Waals surface area contributed by atoms with Gasteiger partial charge >= 0.3 is 0 Å². The average Bonchev–Trinajstić information content (AvgIpc) is 3.36. The second-order valence-electron chi connectivity index (χ2n) is 8.62. The number of rotatable bonds is 4. The minimum absolute atomic E-state index is 0.0852. The second kappa shape index (κ2) is 8.15. The van der Waals surface area contributed by atoms with E-state index in [0.717, 1.165) is 49.5 Å². The molecule has 0 radical (unpaired) electrons. The molecule has 3 aromatic rings. The maximum absolute atomic E-state index is 12.4. The Bertz CT molecular complexity index is 1190. The lowest BCUT2D eigenvalue weighted by molar-refractivity contribution is 0.0822. The van der Waals surface area contributed by atoms with E-state index < -0.39 is 0 Å². The number of hydrogen-bond acceptors (Lipinski definition) is 5. The number of amides is 1. The summed E-state index contributed by atoms with van der Waals surface area (Å²) in [5.41, 5.74) is 7.43. The predicted molar refractivity (Wildman–Crippen MR) is 126 cm³/mol. The molecule has 0 saturated carbocycles. The van der Waals surface area contributed by atoms with Crippen molar-refractivity contribution in [2.75, 3.05) is 45.2 Å². The lowest BCUT2D eigenvalue weighted by Gasteiger charge is -2.38. The topological polar surface area (TPSA) is 57.5 Å². The fraction of sp³-hybridized carbons (Fsp3) is 0.320. The number of pyridine rings is 1. The van der Waals surface area contributed by atoms with E-state index in [1.807, 2.05) is 19.1 Å². The normalized spacial score (nSPS) is 15.5. The summed E-state index contributed by atoms with van der Waals surface area (Å²) >= 11 is 0. The van der Waals surface area contributed by atoms with Crippen molar-refractivity contribution < 1.29 is 4.79 Å². The summed E-state index contributed by atoms with van der Waals surface area (Å²) in [5, 5.41) is 4.57. The molecule has 1 aromatic carbocycles. The van der Waals surface area contributed by atoms with Crippen LogP contribution in [0.5, 0.6) is 0 Å². The van der Waals surface area contributed by atoms with Gasteiger partial charge in [-0.05, 0) is 42.8 Å². The third-order valence-corrected chi connectivity index (χ3v) is 6.19. The molecule has 1 saturated heterocycles. The number of aromatic nitrogens is 3. The average molecular weight is 429 g/mol. The van der Waals surface area contributed by atoms with Crippen molar-refractivity contribution in [2.45, 2.75) is 13.5 Å². The van der Waals surface area contributed by atoms with Gasteiger partial charge < -0.3 is 14.7 Å². The summed E-state index contributed by atoms with van der Waals surface area (Å²) in [4.78, 5) is 23.1. The third kappa shape index (κ3) is 3.75. The van der Waals surface area contributed by atoms with Crippen LogP contribution in [0.4, 0.5) is 5.69 Å². The van der Waals surface area contributed by atoms with Crippen molar-refractivity contribution in [1.82, 2.24) is 24.6 Å². The van der Waals surface area contributed by atoms with Crippen LogP contribution < -0.4 is 4.90 Å². The molecule has 0 unspecified atom stereocenters. The van der Waals surface area contributed by atoms with Gasteiger partial charge in [0.15, 0.2) is 0 Å². The first-order chi connectivity index (χ1) is 15.5. The largest absolute Gasteiger partial charge is 0.370 e. The smallest absolute Gasteiger partial charge is 0.271 e. The highest BCUT2D eigenvalue weighted by Crippen LogP contribution is 2.32. The van der Waals surface area contributed by atoms with Gasteiger partial charge in [0.2, 0.25) is 0 Å². The summed E-state index contributed by atoms with van der Waals surface area (Å²) in [7, 11) is 3.50. The van der Waals surface area contributed by atoms with Crippen molar-refractivity contribution >= 4 is 17.7 Å². The molecule has 1 fully saturated rings. The van der Waals surface area contributed by atoms with Crippen molar-refractivity contribution in [3.05, 3.63) is 71.4 Å². The zero-order chi connectivity index (χ0) is 22.2. The quantitative estimate of drug-likeness (QED) is 0.639. The molecule has 0 atom stereocenters. The van der Waals surface area contributed by atoms with Gasteiger partial charge in [0.25, 0.3) is 5.91 Å². The van der Waals surface area contributed by atoms with Crippen LogP contribution in [0.1, 0.15) is 21.9 Å². The van der Waals surface area contributed by atoms with Gasteiger partial charge in [0, 0.05) is 63.4 Å². The van der Waals surface area contributed by atoms with Crippen LogP contribution in [0.25, 0.3) is 17.2 Å². The van der Waals surface area contributed by atoms with Crippen LogP contribution in [0.3, 0.4) is 0 Å². The van der Waals surface area contributed by atoms with Gasteiger partial charge in [0.1, 0.15) is 5.69 Å². The van der Waals surface area contributed by atoms with Crippen molar-refractivity contribution in [3.63, 3.8) is 0 Å². The van der Waals surface area contributed by atoms with E-state index in [0.29, 0.717) is 5.69 Å². The van der Waals surface area contributed by atoms with Gasteiger partial charge in [-0.15, -0.1) is 0 Å². The number of benzene rings is 1. The zero-order valence-corrected chi connectivity index (χ0v) is 18.8. The van der Waals surface area contributed by atoms with E-state index in [-0.39, 0.29) is 5.91 Å². The fourth-order valence-electron chi connectivity index (χ4n) is 4.54. The van der Waals surface area contributed by atoms with E-state index in [9.17, 15) is 4.79 Å². The Morgan fingerprint density at radius 1 is 1.00 bits per heavy atom. The van der Waals surface area contributed by atoms with Crippen molar-refractivity contribution in [1.29, 1.82) is 0 Å². The Balaban J connectivity index is 1.33. The maximum Gasteiger partial charge on any atom is 0.271 e. The molecule has 0 bridgehead atoms. The molecule has 2 aliphatic rings. The number of hydrogen-bond donors (Lipinski definition) is 0. The third-order valence-electron chi connectivity index (χ3n) is 6.19. The molecule has 0 N–H and O–H groups in total. The minimum Gasteiger partial charge on any atom is -0.370 e. The number of carbonyl (C=O) groups is 1. The molecule has 2 aliphatic heterocycles. The van der Waals surface area contributed by atoms with Crippen LogP contribution in [-0.4, -0.2) is 70.7 Å². The Morgan fingerprint density at radius 3 is 2.50 bits per heavy atom. The molecular formula is C25H28N6O. The first-order valence-corrected chi connectivity index (χ1v) is 11.0. The van der Waals surface area contributed by atoms with E-state index in [1.54, 1.807) is 25.2 Å². The summed E-state index contributed by atoms with van der Waals surface area (Å²) in [6.07, 6.45) is 3.99. The van der Waals surface area contributed by atoms with Crippen LogP contribution in [0.2, 0.25) is 0 Å². The summed E-state index contributed by atoms with van der Waals surface area (Å²) in [6.45, 7) is 6.75. The lowest BCUT2D eigenvalue weighted by Crippen LogP contribution is -2.46. The highest BCUT2D eigenvalue weighted by atomic mass is 16.2. The van der Waals surface area contributed by atoms with Crippen LogP contribution in [0, 0.1) is 6.92 Å². The van der Waals surface area contributed by atoms with Gasteiger partial charge in [-0.3, -0.25) is 14.5 Å². The monoisotopic (exact) mass is 428 g/mol. The van der Waals surface area contributed by atoms with E-state index in [4.69, 9.17) is 0 Å². The number of piperazine rings is 1. The predicted octanol–water partition coefficient (Wildman–Crippen LogP) is 3.13. The standard InChI is InChI=1S/C25H28N6O/c1-18-14-20-16-21(17-31(20)27-18)29-10-12-30(13-11-29)24-7-5-4-6-22(24)19-8-9-26-23(15-19)25(32)28(2)3/h4-9,14-16H,10-13,17H2,1-3H3. The van der Waals surface area contributed by atoms with Crippen LogP contribution in [0.15, 0.2) is 54.4 Å². The first kappa shape index (κ1) is 20.3. The van der Waals surface area contributed by atoms with E-state index >= 15 is 0 Å². The Labute approximate surface area is 188 Å². The molecule has 5 rings (SSSR count). The van der Waals surface area contributed by atoms with Crippen molar-refractivity contribution in [2.24, 2.45) is 0 Å². The van der Waals surface area contributed by atoms with Gasteiger partial charge in [-0.1, -0.05) is 18.2 Å². The maximum atomic E-state index is 12.4. The molecule has 0 spiro atoms. The summed E-state index contributed by atoms with van der Waals surface area (Å²) in [5.74, 6) is -0.0852. The molecule has 1 amide bonds. The highest BCUT2D eigenvalue weighted by molar-refractivity contribution is 5.93. The molecule has 32 heavy (non-hydrogen) atoms. The highest BCUT2D eigenvalue weighted by Gasteiger charge is 2.24. The number of fused-ring (bicyclic) bond motifs is 1. The number of para-hydroxylation sites is 1. The van der Waals surface area contributed by atoms with E-state index in [1.165, 1.54) is 17.1 Å². The first-order valence-electron chi connectivity index (χ1n) is 11.0. The van der Waals surface area contributed by atoms with Gasteiger partial charge in [-0.2, -0.15) is 5.10 Å². The molecule has 164 valence electrons. The zero-order valence-electron chi connectivity index (χ0n) is 18.8. The SMILES string of the molecule is Cc1cc2n(n1)CC(N1CCN(c3ccccc3-c3ccnc(C(=O)N(C)C)c3)CC1)=C2. The Hall–Kier alpha value is -3.61. The molecule has 2 aromatic heterocycles. The Kier molecular flexibility index (Phi) is 5.17. The minimum atomic E-state index is -0.0852. The number of aryl methyl sites for hydroxylation is 1. The molecule has 0 aliphatic carbocycles. The molecular weight excluding hydrogens is 400 g/mol. The van der Waals surface area contributed by atoms with Gasteiger partial charge in [-0.25, -0.2) is 0 Å². The van der Waals surface area contributed by atoms with Crippen LogP contribution in [-0.2, 0) is 6.54 Å². The number of anilines is 1. The van der Waals surface area contributed by atoms with Crippen molar-refractivity contribution in [3.8, 4) is 11.1 Å². The number of carbonyl (C=O) groups excluding carboxylic acids is 1. The number of nitrogens with zero attached hydrogens (tertiary/aromatic N) is 6. The lowest BCUT2D eigenvalue weighted by atomic mass is 10.0. The fourth-order valence-corrected chi connectivity index (χ4v) is 4.54. The summed E-state index contributed by atoms with van der Waals surface area (Å²) < 4.78 is 2.09. The molecule has 7 heteroatoms. The summed E-state index contributed by atoms with van der Waals surface area (Å²) in [6, 6.07) is 14.4. The molecule has 4 heterocycles. The molecule has 7 nitrogen and oxygen atoms in total. The van der Waals surface area contributed by atoms with E-state index in [2.05, 4.69) is 61.0 Å².